The molecule has 0 unspecified atom stereocenters. The second kappa shape index (κ2) is 9.23. The molecule has 0 radical (unpaired) electrons. The predicted octanol–water partition coefficient (Wildman–Crippen LogP) is 0.826. The molecule has 0 spiro atoms. The summed E-state index contributed by atoms with van der Waals surface area (Å²) in [6.45, 7) is 0. The fraction of sp³-hybridized carbons (Fsp3) is 0.0625. The van der Waals surface area contributed by atoms with E-state index in [0.29, 0.717) is 12.1 Å². The molecule has 2 aromatic carbocycles. The van der Waals surface area contributed by atoms with Crippen LogP contribution in [-0.2, 0) is 11.0 Å². The van der Waals surface area contributed by atoms with E-state index in [-0.39, 0.29) is 51.6 Å². The molecule has 0 heterocycles. The van der Waals surface area contributed by atoms with Gasteiger partial charge in [-0.15, -0.1) is 0 Å². The molecule has 136 valence electrons. The summed E-state index contributed by atoms with van der Waals surface area (Å²) in [7, 11) is 0. The van der Waals surface area contributed by atoms with Crippen LogP contribution in [0.1, 0.15) is 11.1 Å². The standard InChI is InChI=1S/C16H9ClF3NO5.Na/c17-12-8-10(16(18,19)20)2-5-14(12)26-11-3-4-13(21(24)25)9(7-11)1-6-15(22)23;/h1-8H,(H,22,23);/q;+1/p-1/b6-1+;. The van der Waals surface area contributed by atoms with Crippen LogP contribution in [0.5, 0.6) is 11.5 Å². The first-order valence-electron chi connectivity index (χ1n) is 6.80. The van der Waals surface area contributed by atoms with E-state index in [4.69, 9.17) is 16.3 Å². The third-order valence-corrected chi connectivity index (χ3v) is 3.38. The number of rotatable bonds is 5. The zero-order chi connectivity index (χ0) is 19.5. The summed E-state index contributed by atoms with van der Waals surface area (Å²) in [5, 5.41) is 21.1. The molecular weight excluding hydrogens is 402 g/mol. The Hall–Kier alpha value is -2.07. The molecule has 0 fully saturated rings. The van der Waals surface area contributed by atoms with Gasteiger partial charge >= 0.3 is 35.7 Å². The number of carbonyl (C=O) groups is 1. The van der Waals surface area contributed by atoms with Gasteiger partial charge < -0.3 is 14.6 Å². The number of hydrogen-bond acceptors (Lipinski definition) is 5. The minimum atomic E-state index is -4.57. The number of nitro benzene ring substituents is 1. The summed E-state index contributed by atoms with van der Waals surface area (Å²) >= 11 is 5.78. The van der Waals surface area contributed by atoms with E-state index in [0.717, 1.165) is 30.3 Å². The molecule has 2 rings (SSSR count). The third kappa shape index (κ3) is 6.24. The minimum Gasteiger partial charge on any atom is -0.545 e. The zero-order valence-corrected chi connectivity index (χ0v) is 16.4. The minimum absolute atomic E-state index is 0. The molecule has 0 amide bonds. The van der Waals surface area contributed by atoms with Crippen LogP contribution >= 0.6 is 11.6 Å². The first-order chi connectivity index (χ1) is 12.1. The number of halogens is 4. The van der Waals surface area contributed by atoms with Gasteiger partial charge in [-0.2, -0.15) is 13.2 Å². The summed E-state index contributed by atoms with van der Waals surface area (Å²) in [5.74, 6) is -1.66. The fourth-order valence-electron chi connectivity index (χ4n) is 1.94. The topological polar surface area (TPSA) is 92.5 Å². The summed E-state index contributed by atoms with van der Waals surface area (Å²) in [4.78, 5) is 20.7. The average molecular weight is 410 g/mol. The Morgan fingerprint density at radius 1 is 1.19 bits per heavy atom. The average Bonchev–Trinajstić information content (AvgIpc) is 2.53. The molecule has 0 N–H and O–H groups in total. The number of carbonyl (C=O) groups excluding carboxylic acids is 1. The Morgan fingerprint density at radius 3 is 2.37 bits per heavy atom. The van der Waals surface area contributed by atoms with Crippen molar-refractivity contribution < 1.29 is 62.3 Å². The zero-order valence-electron chi connectivity index (χ0n) is 13.6. The third-order valence-electron chi connectivity index (χ3n) is 3.08. The maximum atomic E-state index is 12.6. The smallest absolute Gasteiger partial charge is 0.545 e. The molecule has 0 aliphatic heterocycles. The SMILES string of the molecule is O=C([O-])/C=C/c1cc(Oc2ccc(C(F)(F)F)cc2Cl)ccc1[N+](=O)[O-].[Na+]. The molecule has 0 bridgehead atoms. The Kier molecular flexibility index (Phi) is 7.85. The molecule has 6 nitrogen and oxygen atoms in total. The van der Waals surface area contributed by atoms with Crippen molar-refractivity contribution in [2.75, 3.05) is 0 Å². The number of carboxylic acids is 1. The number of benzene rings is 2. The molecule has 27 heavy (non-hydrogen) atoms. The van der Waals surface area contributed by atoms with Crippen molar-refractivity contribution in [2.24, 2.45) is 0 Å². The van der Waals surface area contributed by atoms with Crippen LogP contribution in [0.4, 0.5) is 18.9 Å². The van der Waals surface area contributed by atoms with Crippen molar-refractivity contribution in [2.45, 2.75) is 6.18 Å². The van der Waals surface area contributed by atoms with E-state index in [9.17, 15) is 33.2 Å². The van der Waals surface area contributed by atoms with Crippen molar-refractivity contribution in [3.8, 4) is 11.5 Å². The number of ether oxygens (including phenoxy) is 1. The number of nitrogens with zero attached hydrogens (tertiary/aromatic N) is 1. The van der Waals surface area contributed by atoms with Gasteiger partial charge in [-0.1, -0.05) is 11.6 Å². The quantitative estimate of drug-likeness (QED) is 0.316. The predicted molar refractivity (Wildman–Crippen MR) is 83.7 cm³/mol. The normalized spacial score (nSPS) is 11.1. The van der Waals surface area contributed by atoms with Gasteiger partial charge in [0.05, 0.1) is 27.0 Å². The van der Waals surface area contributed by atoms with Gasteiger partial charge in [-0.3, -0.25) is 10.1 Å². The number of hydrogen-bond donors (Lipinski definition) is 0. The van der Waals surface area contributed by atoms with E-state index >= 15 is 0 Å². The van der Waals surface area contributed by atoms with E-state index in [1.165, 1.54) is 6.07 Å². The van der Waals surface area contributed by atoms with E-state index in [2.05, 4.69) is 0 Å². The number of aliphatic carboxylic acids is 1. The van der Waals surface area contributed by atoms with Gasteiger partial charge in [0.25, 0.3) is 5.69 Å². The maximum absolute atomic E-state index is 12.6. The van der Waals surface area contributed by atoms with Crippen molar-refractivity contribution in [1.82, 2.24) is 0 Å². The summed E-state index contributed by atoms with van der Waals surface area (Å²) in [6.07, 6.45) is -3.04. The van der Waals surface area contributed by atoms with Gasteiger partial charge in [0, 0.05) is 6.07 Å². The van der Waals surface area contributed by atoms with E-state index < -0.39 is 28.3 Å². The summed E-state index contributed by atoms with van der Waals surface area (Å²) in [6, 6.07) is 5.85. The van der Waals surface area contributed by atoms with Crippen LogP contribution in [0.2, 0.25) is 5.02 Å². The van der Waals surface area contributed by atoms with Gasteiger partial charge in [0.2, 0.25) is 0 Å². The first-order valence-corrected chi connectivity index (χ1v) is 7.18. The molecular formula is C16H8ClF3NNaO5. The number of nitro groups is 1. The van der Waals surface area contributed by atoms with Crippen molar-refractivity contribution in [3.05, 3.63) is 68.7 Å². The Balaban J connectivity index is 0.00000364. The Labute approximate surface area is 177 Å². The van der Waals surface area contributed by atoms with Gasteiger partial charge in [0.1, 0.15) is 11.5 Å². The van der Waals surface area contributed by atoms with Crippen LogP contribution in [-0.4, -0.2) is 10.9 Å². The second-order valence-corrected chi connectivity index (χ2v) is 5.28. The van der Waals surface area contributed by atoms with E-state index in [1.54, 1.807) is 0 Å². The van der Waals surface area contributed by atoms with Crippen LogP contribution < -0.4 is 39.4 Å². The largest absolute Gasteiger partial charge is 1.00 e. The van der Waals surface area contributed by atoms with E-state index in [1.807, 2.05) is 0 Å². The number of alkyl halides is 3. The Morgan fingerprint density at radius 2 is 1.85 bits per heavy atom. The van der Waals surface area contributed by atoms with Gasteiger partial charge in [-0.25, -0.2) is 0 Å². The molecule has 0 saturated carbocycles. The van der Waals surface area contributed by atoms with Crippen LogP contribution in [0, 0.1) is 10.1 Å². The Bertz CT molecular complexity index is 902. The molecule has 0 aromatic heterocycles. The van der Waals surface area contributed by atoms with Crippen LogP contribution in [0.15, 0.2) is 42.5 Å². The van der Waals surface area contributed by atoms with Gasteiger partial charge in [0.15, 0.2) is 0 Å². The van der Waals surface area contributed by atoms with Crippen molar-refractivity contribution in [3.63, 3.8) is 0 Å². The van der Waals surface area contributed by atoms with Crippen LogP contribution in [0.25, 0.3) is 6.08 Å². The molecule has 2 aromatic rings. The monoisotopic (exact) mass is 409 g/mol. The van der Waals surface area contributed by atoms with Gasteiger partial charge in [-0.05, 0) is 42.5 Å². The molecule has 0 saturated heterocycles. The summed E-state index contributed by atoms with van der Waals surface area (Å²) < 4.78 is 43.2. The molecule has 0 atom stereocenters. The van der Waals surface area contributed by atoms with Crippen molar-refractivity contribution >= 4 is 29.3 Å². The number of carboxylic acid groups (broad SMARTS) is 1. The first kappa shape index (κ1) is 23.0. The van der Waals surface area contributed by atoms with Crippen molar-refractivity contribution in [1.29, 1.82) is 0 Å². The maximum Gasteiger partial charge on any atom is 1.00 e. The molecule has 0 aliphatic rings. The second-order valence-electron chi connectivity index (χ2n) is 4.88. The fourth-order valence-corrected chi connectivity index (χ4v) is 2.16. The molecule has 0 aliphatic carbocycles. The van der Waals surface area contributed by atoms with Crippen LogP contribution in [0.3, 0.4) is 0 Å². The molecule has 11 heteroatoms. The summed E-state index contributed by atoms with van der Waals surface area (Å²) in [5.41, 5.74) is -1.45.